The van der Waals surface area contributed by atoms with E-state index in [1.807, 2.05) is 24.3 Å². The van der Waals surface area contributed by atoms with Gasteiger partial charge in [0.05, 0.1) is 18.7 Å². The molecule has 0 aliphatic heterocycles. The molecule has 2 rings (SSSR count). The van der Waals surface area contributed by atoms with Gasteiger partial charge in [-0.25, -0.2) is 0 Å². The van der Waals surface area contributed by atoms with E-state index in [4.69, 9.17) is 9.47 Å². The number of ether oxygens (including phenoxy) is 2. The number of fused-ring (bicyclic) bond motifs is 1. The molecule has 0 radical (unpaired) electrons. The van der Waals surface area contributed by atoms with Gasteiger partial charge in [-0.05, 0) is 22.0 Å². The van der Waals surface area contributed by atoms with Crippen molar-refractivity contribution in [3.63, 3.8) is 0 Å². The van der Waals surface area contributed by atoms with Crippen LogP contribution in [0.4, 0.5) is 0 Å². The molecule has 2 aromatic rings. The molecule has 0 saturated heterocycles. The van der Waals surface area contributed by atoms with Crippen molar-refractivity contribution in [1.82, 2.24) is 4.98 Å². The summed E-state index contributed by atoms with van der Waals surface area (Å²) in [6.07, 6.45) is 0. The Balaban J connectivity index is 2.84. The van der Waals surface area contributed by atoms with Gasteiger partial charge in [-0.2, -0.15) is 4.98 Å². The minimum absolute atomic E-state index is 0.533. The summed E-state index contributed by atoms with van der Waals surface area (Å²) >= 11 is 3.46. The van der Waals surface area contributed by atoms with E-state index in [1.54, 1.807) is 14.2 Å². The Labute approximate surface area is 96.2 Å². The second-order valence-corrected chi connectivity index (χ2v) is 3.78. The Kier molecular flexibility index (Phi) is 2.77. The second kappa shape index (κ2) is 4.06. The number of hydrogen-bond acceptors (Lipinski definition) is 3. The molecule has 0 unspecified atom stereocenters. The highest BCUT2D eigenvalue weighted by atomic mass is 79.9. The zero-order chi connectivity index (χ0) is 10.8. The van der Waals surface area contributed by atoms with Crippen LogP contribution in [0, 0.1) is 0 Å². The maximum Gasteiger partial charge on any atom is 0.231 e. The van der Waals surface area contributed by atoms with Crippen molar-refractivity contribution in [2.45, 2.75) is 0 Å². The molecular weight excluding hydrogens is 258 g/mol. The summed E-state index contributed by atoms with van der Waals surface area (Å²) in [7, 11) is 3.18. The zero-order valence-electron chi connectivity index (χ0n) is 8.45. The molecule has 4 heteroatoms. The average Bonchev–Trinajstić information content (AvgIpc) is 2.30. The maximum atomic E-state index is 5.21. The summed E-state index contributed by atoms with van der Waals surface area (Å²) in [6.45, 7) is 0. The molecule has 78 valence electrons. The molecule has 1 aromatic carbocycles. The third-order valence-electron chi connectivity index (χ3n) is 2.17. The highest BCUT2D eigenvalue weighted by Crippen LogP contribution is 2.35. The predicted molar refractivity (Wildman–Crippen MR) is 62.5 cm³/mol. The molecule has 3 nitrogen and oxygen atoms in total. The van der Waals surface area contributed by atoms with E-state index in [2.05, 4.69) is 20.9 Å². The molecule has 1 aromatic heterocycles. The summed E-state index contributed by atoms with van der Waals surface area (Å²) in [4.78, 5) is 4.25. The van der Waals surface area contributed by atoms with E-state index in [0.29, 0.717) is 11.8 Å². The Morgan fingerprint density at radius 2 is 1.60 bits per heavy atom. The number of nitrogens with zero attached hydrogens (tertiary/aromatic N) is 1. The maximum absolute atomic E-state index is 5.21. The van der Waals surface area contributed by atoms with Crippen molar-refractivity contribution >= 4 is 26.7 Å². The molecule has 0 aliphatic carbocycles. The van der Waals surface area contributed by atoms with Crippen LogP contribution in [0.25, 0.3) is 10.8 Å². The quantitative estimate of drug-likeness (QED) is 0.838. The first-order chi connectivity index (χ1) is 7.27. The normalized spacial score (nSPS) is 10.3. The third-order valence-corrected chi connectivity index (χ3v) is 2.94. The fraction of sp³-hybridized carbons (Fsp3) is 0.182. The smallest absolute Gasteiger partial charge is 0.231 e. The van der Waals surface area contributed by atoms with Gasteiger partial charge in [-0.1, -0.05) is 18.2 Å². The van der Waals surface area contributed by atoms with E-state index in [0.717, 1.165) is 15.2 Å². The molecule has 0 spiro atoms. The summed E-state index contributed by atoms with van der Waals surface area (Å²) in [5.41, 5.74) is 0. The monoisotopic (exact) mass is 267 g/mol. The van der Waals surface area contributed by atoms with E-state index < -0.39 is 0 Å². The minimum Gasteiger partial charge on any atom is -0.480 e. The zero-order valence-corrected chi connectivity index (χ0v) is 10.0. The van der Waals surface area contributed by atoms with Crippen molar-refractivity contribution in [3.05, 3.63) is 28.7 Å². The fourth-order valence-electron chi connectivity index (χ4n) is 1.47. The van der Waals surface area contributed by atoms with Gasteiger partial charge in [0.1, 0.15) is 0 Å². The fourth-order valence-corrected chi connectivity index (χ4v) is 2.06. The lowest BCUT2D eigenvalue weighted by Gasteiger charge is -2.09. The molecule has 0 atom stereocenters. The molecule has 1 heterocycles. The standard InChI is InChI=1S/C11H10BrNO2/c1-14-10-8-6-4-3-5-7(8)9(12)11(13-10)15-2/h3-6H,1-2H3. The average molecular weight is 268 g/mol. The first-order valence-electron chi connectivity index (χ1n) is 4.44. The summed E-state index contributed by atoms with van der Waals surface area (Å²) in [5.74, 6) is 1.11. The highest BCUT2D eigenvalue weighted by molar-refractivity contribution is 9.10. The van der Waals surface area contributed by atoms with Crippen LogP contribution in [0.2, 0.25) is 0 Å². The van der Waals surface area contributed by atoms with Crippen LogP contribution >= 0.6 is 15.9 Å². The van der Waals surface area contributed by atoms with E-state index >= 15 is 0 Å². The molecule has 0 saturated carbocycles. The van der Waals surface area contributed by atoms with Crippen LogP contribution < -0.4 is 9.47 Å². The van der Waals surface area contributed by atoms with Gasteiger partial charge in [0, 0.05) is 10.8 Å². The van der Waals surface area contributed by atoms with Gasteiger partial charge < -0.3 is 9.47 Å². The van der Waals surface area contributed by atoms with E-state index in [9.17, 15) is 0 Å². The molecule has 0 N–H and O–H groups in total. The first-order valence-corrected chi connectivity index (χ1v) is 5.23. The minimum atomic E-state index is 0.533. The second-order valence-electron chi connectivity index (χ2n) is 2.99. The Bertz CT molecular complexity index is 499. The summed E-state index contributed by atoms with van der Waals surface area (Å²) < 4.78 is 11.2. The lowest BCUT2D eigenvalue weighted by molar-refractivity contribution is 0.367. The molecule has 0 fully saturated rings. The highest BCUT2D eigenvalue weighted by Gasteiger charge is 2.11. The number of methoxy groups -OCH3 is 2. The number of hydrogen-bond donors (Lipinski definition) is 0. The van der Waals surface area contributed by atoms with Crippen molar-refractivity contribution in [3.8, 4) is 11.8 Å². The van der Waals surface area contributed by atoms with Gasteiger partial charge in [0.15, 0.2) is 0 Å². The van der Waals surface area contributed by atoms with E-state index in [1.165, 1.54) is 0 Å². The van der Waals surface area contributed by atoms with Crippen molar-refractivity contribution in [1.29, 1.82) is 0 Å². The summed E-state index contributed by atoms with van der Waals surface area (Å²) in [5, 5.41) is 1.99. The Morgan fingerprint density at radius 3 is 2.20 bits per heavy atom. The van der Waals surface area contributed by atoms with Crippen LogP contribution in [-0.4, -0.2) is 19.2 Å². The Hall–Kier alpha value is -1.29. The lowest BCUT2D eigenvalue weighted by atomic mass is 10.2. The Morgan fingerprint density at radius 1 is 1.00 bits per heavy atom. The van der Waals surface area contributed by atoms with Crippen LogP contribution in [-0.2, 0) is 0 Å². The van der Waals surface area contributed by atoms with Crippen LogP contribution in [0.5, 0.6) is 11.8 Å². The van der Waals surface area contributed by atoms with Crippen molar-refractivity contribution in [2.24, 2.45) is 0 Å². The SMILES string of the molecule is COc1nc(OC)c2ccccc2c1Br. The summed E-state index contributed by atoms with van der Waals surface area (Å²) in [6, 6.07) is 7.87. The predicted octanol–water partition coefficient (Wildman–Crippen LogP) is 3.01. The number of halogens is 1. The molecule has 0 bridgehead atoms. The molecule has 0 amide bonds. The van der Waals surface area contributed by atoms with E-state index in [-0.39, 0.29) is 0 Å². The van der Waals surface area contributed by atoms with Crippen molar-refractivity contribution < 1.29 is 9.47 Å². The van der Waals surface area contributed by atoms with Crippen LogP contribution in [0.3, 0.4) is 0 Å². The first kappa shape index (κ1) is 10.2. The van der Waals surface area contributed by atoms with Crippen molar-refractivity contribution in [2.75, 3.05) is 14.2 Å². The topological polar surface area (TPSA) is 31.4 Å². The number of pyridine rings is 1. The van der Waals surface area contributed by atoms with Gasteiger partial charge in [-0.3, -0.25) is 0 Å². The number of benzene rings is 1. The molecule has 15 heavy (non-hydrogen) atoms. The van der Waals surface area contributed by atoms with Gasteiger partial charge >= 0.3 is 0 Å². The largest absolute Gasteiger partial charge is 0.480 e. The van der Waals surface area contributed by atoms with Gasteiger partial charge in [0.2, 0.25) is 11.8 Å². The van der Waals surface area contributed by atoms with Crippen LogP contribution in [0.15, 0.2) is 28.7 Å². The molecular formula is C11H10BrNO2. The number of rotatable bonds is 2. The lowest BCUT2D eigenvalue weighted by Crippen LogP contribution is -1.95. The third kappa shape index (κ3) is 1.65. The number of aromatic nitrogens is 1. The van der Waals surface area contributed by atoms with Gasteiger partial charge in [-0.15, -0.1) is 0 Å². The van der Waals surface area contributed by atoms with Crippen LogP contribution in [0.1, 0.15) is 0 Å². The molecule has 0 aliphatic rings. The van der Waals surface area contributed by atoms with Gasteiger partial charge in [0.25, 0.3) is 0 Å².